The van der Waals surface area contributed by atoms with Gasteiger partial charge in [0.25, 0.3) is 0 Å². The molecule has 0 atom stereocenters. The first-order valence-corrected chi connectivity index (χ1v) is 6.37. The highest BCUT2D eigenvalue weighted by atomic mass is 16.2. The summed E-state index contributed by atoms with van der Waals surface area (Å²) in [5.74, 6) is 0.989. The first kappa shape index (κ1) is 15.1. The standard InChI is InChI=1S/C11H19NO2.C2H6/c1-9-5-7-12(8-6-9)11(14)4-3-10(2)13;1-2/h9H,3-8H2,1-2H3;1-2H3. The number of nitrogens with zero attached hydrogens (tertiary/aromatic N) is 1. The summed E-state index contributed by atoms with van der Waals surface area (Å²) < 4.78 is 0. The average Bonchev–Trinajstić information content (AvgIpc) is 2.29. The van der Waals surface area contributed by atoms with Crippen LogP contribution in [-0.2, 0) is 9.59 Å². The molecule has 0 aromatic carbocycles. The molecule has 94 valence electrons. The molecule has 0 radical (unpaired) electrons. The lowest BCUT2D eigenvalue weighted by Crippen LogP contribution is -2.37. The maximum absolute atomic E-state index is 11.6. The van der Waals surface area contributed by atoms with E-state index in [-0.39, 0.29) is 11.7 Å². The summed E-state index contributed by atoms with van der Waals surface area (Å²) in [5.41, 5.74) is 0. The smallest absolute Gasteiger partial charge is 0.223 e. The van der Waals surface area contributed by atoms with Gasteiger partial charge in [-0.15, -0.1) is 0 Å². The maximum atomic E-state index is 11.6. The van der Waals surface area contributed by atoms with Crippen LogP contribution in [0.2, 0.25) is 0 Å². The molecule has 0 aliphatic carbocycles. The lowest BCUT2D eigenvalue weighted by molar-refractivity contribution is -0.134. The molecule has 1 heterocycles. The molecule has 1 fully saturated rings. The molecule has 0 saturated carbocycles. The van der Waals surface area contributed by atoms with E-state index in [9.17, 15) is 9.59 Å². The van der Waals surface area contributed by atoms with Crippen LogP contribution in [0.4, 0.5) is 0 Å². The van der Waals surface area contributed by atoms with Crippen molar-refractivity contribution in [2.24, 2.45) is 5.92 Å². The molecule has 1 saturated heterocycles. The molecule has 1 amide bonds. The van der Waals surface area contributed by atoms with Gasteiger partial charge in [0.2, 0.25) is 5.91 Å². The monoisotopic (exact) mass is 227 g/mol. The van der Waals surface area contributed by atoms with E-state index in [0.29, 0.717) is 12.8 Å². The van der Waals surface area contributed by atoms with Gasteiger partial charge in [0.15, 0.2) is 0 Å². The summed E-state index contributed by atoms with van der Waals surface area (Å²) in [4.78, 5) is 24.2. The van der Waals surface area contributed by atoms with E-state index in [2.05, 4.69) is 6.92 Å². The molecule has 0 aromatic rings. The number of rotatable bonds is 3. The number of ketones is 1. The van der Waals surface area contributed by atoms with Gasteiger partial charge in [-0.3, -0.25) is 4.79 Å². The van der Waals surface area contributed by atoms with Crippen LogP contribution in [0.15, 0.2) is 0 Å². The van der Waals surface area contributed by atoms with Gasteiger partial charge in [0.1, 0.15) is 5.78 Å². The summed E-state index contributed by atoms with van der Waals surface area (Å²) in [6.45, 7) is 9.50. The Morgan fingerprint density at radius 3 is 2.06 bits per heavy atom. The minimum absolute atomic E-state index is 0.101. The van der Waals surface area contributed by atoms with Crippen LogP contribution in [0.25, 0.3) is 0 Å². The zero-order valence-electron chi connectivity index (χ0n) is 11.1. The van der Waals surface area contributed by atoms with Gasteiger partial charge in [-0.1, -0.05) is 20.8 Å². The fraction of sp³-hybridized carbons (Fsp3) is 0.846. The van der Waals surface area contributed by atoms with Gasteiger partial charge in [-0.05, 0) is 25.7 Å². The number of piperidine rings is 1. The summed E-state index contributed by atoms with van der Waals surface area (Å²) in [5, 5.41) is 0. The van der Waals surface area contributed by atoms with Gasteiger partial charge in [-0.25, -0.2) is 0 Å². The van der Waals surface area contributed by atoms with Crippen LogP contribution in [0, 0.1) is 5.92 Å². The lowest BCUT2D eigenvalue weighted by Gasteiger charge is -2.30. The maximum Gasteiger partial charge on any atom is 0.223 e. The van der Waals surface area contributed by atoms with Crippen molar-refractivity contribution in [1.29, 1.82) is 0 Å². The van der Waals surface area contributed by atoms with Gasteiger partial charge in [0, 0.05) is 25.9 Å². The molecule has 1 aliphatic rings. The van der Waals surface area contributed by atoms with Gasteiger partial charge < -0.3 is 9.69 Å². The topological polar surface area (TPSA) is 37.4 Å². The van der Waals surface area contributed by atoms with E-state index in [1.165, 1.54) is 6.92 Å². The molecule has 0 aromatic heterocycles. The number of amides is 1. The number of Topliss-reactive ketones (excluding diaryl/α,β-unsaturated/α-hetero) is 1. The van der Waals surface area contributed by atoms with E-state index in [1.54, 1.807) is 0 Å². The molecular weight excluding hydrogens is 202 g/mol. The number of hydrogen-bond donors (Lipinski definition) is 0. The lowest BCUT2D eigenvalue weighted by atomic mass is 9.99. The molecule has 3 heteroatoms. The van der Waals surface area contributed by atoms with Crippen molar-refractivity contribution in [2.45, 2.75) is 53.4 Å². The van der Waals surface area contributed by atoms with Crippen molar-refractivity contribution in [3.63, 3.8) is 0 Å². The minimum atomic E-state index is 0.101. The van der Waals surface area contributed by atoms with Gasteiger partial charge >= 0.3 is 0 Å². The number of likely N-dealkylation sites (tertiary alicyclic amines) is 1. The molecule has 0 unspecified atom stereocenters. The molecule has 3 nitrogen and oxygen atoms in total. The molecule has 0 spiro atoms. The SMILES string of the molecule is CC.CC(=O)CCC(=O)N1CCC(C)CC1. The second-order valence-electron chi connectivity index (χ2n) is 4.27. The normalized spacial score (nSPS) is 16.4. The summed E-state index contributed by atoms with van der Waals surface area (Å²) in [6.07, 6.45) is 2.99. The van der Waals surface area contributed by atoms with Gasteiger partial charge in [0.05, 0.1) is 0 Å². The molecule has 0 bridgehead atoms. The zero-order valence-corrected chi connectivity index (χ0v) is 11.1. The van der Waals surface area contributed by atoms with Crippen molar-refractivity contribution in [3.8, 4) is 0 Å². The Bertz CT molecular complexity index is 218. The quantitative estimate of drug-likeness (QED) is 0.743. The minimum Gasteiger partial charge on any atom is -0.343 e. The molecule has 16 heavy (non-hydrogen) atoms. The average molecular weight is 227 g/mol. The van der Waals surface area contributed by atoms with Crippen molar-refractivity contribution in [1.82, 2.24) is 4.90 Å². The Hall–Kier alpha value is -0.860. The third kappa shape index (κ3) is 5.89. The highest BCUT2D eigenvalue weighted by Crippen LogP contribution is 2.16. The summed E-state index contributed by atoms with van der Waals surface area (Å²) in [6, 6.07) is 0. The largest absolute Gasteiger partial charge is 0.343 e. The fourth-order valence-electron chi connectivity index (χ4n) is 1.70. The molecule has 1 rings (SSSR count). The van der Waals surface area contributed by atoms with Crippen LogP contribution >= 0.6 is 0 Å². The van der Waals surface area contributed by atoms with Crippen LogP contribution in [0.5, 0.6) is 0 Å². The molecular formula is C13H25NO2. The highest BCUT2D eigenvalue weighted by molar-refractivity contribution is 5.83. The van der Waals surface area contributed by atoms with Crippen molar-refractivity contribution in [3.05, 3.63) is 0 Å². The first-order chi connectivity index (χ1) is 7.59. The summed E-state index contributed by atoms with van der Waals surface area (Å²) in [7, 11) is 0. The van der Waals surface area contributed by atoms with E-state index in [1.807, 2.05) is 18.7 Å². The molecule has 0 N–H and O–H groups in total. The third-order valence-electron chi connectivity index (χ3n) is 2.83. The van der Waals surface area contributed by atoms with Crippen molar-refractivity contribution in [2.75, 3.05) is 13.1 Å². The van der Waals surface area contributed by atoms with Crippen LogP contribution in [0.1, 0.15) is 53.4 Å². The Morgan fingerprint density at radius 1 is 1.12 bits per heavy atom. The third-order valence-corrected chi connectivity index (χ3v) is 2.83. The predicted molar refractivity (Wildman–Crippen MR) is 66.2 cm³/mol. The Morgan fingerprint density at radius 2 is 1.62 bits per heavy atom. The zero-order chi connectivity index (χ0) is 12.6. The van der Waals surface area contributed by atoms with E-state index >= 15 is 0 Å². The second kappa shape index (κ2) is 8.31. The Balaban J connectivity index is 0.00000106. The van der Waals surface area contributed by atoms with Crippen molar-refractivity contribution >= 4 is 11.7 Å². The Kier molecular flexibility index (Phi) is 7.86. The van der Waals surface area contributed by atoms with Crippen LogP contribution < -0.4 is 0 Å². The number of hydrogen-bond acceptors (Lipinski definition) is 2. The predicted octanol–water partition coefficient (Wildman–Crippen LogP) is 2.64. The van der Waals surface area contributed by atoms with E-state index < -0.39 is 0 Å². The Labute approximate surface area is 99.2 Å². The van der Waals surface area contributed by atoms with E-state index in [0.717, 1.165) is 31.8 Å². The van der Waals surface area contributed by atoms with Crippen molar-refractivity contribution < 1.29 is 9.59 Å². The van der Waals surface area contributed by atoms with Gasteiger partial charge in [-0.2, -0.15) is 0 Å². The fourth-order valence-corrected chi connectivity index (χ4v) is 1.70. The van der Waals surface area contributed by atoms with Crippen LogP contribution in [-0.4, -0.2) is 29.7 Å². The number of carbonyl (C=O) groups is 2. The van der Waals surface area contributed by atoms with E-state index in [4.69, 9.17) is 0 Å². The second-order valence-corrected chi connectivity index (χ2v) is 4.27. The first-order valence-electron chi connectivity index (χ1n) is 6.37. The number of carbonyl (C=O) groups excluding carboxylic acids is 2. The molecule has 1 aliphatic heterocycles. The summed E-state index contributed by atoms with van der Waals surface area (Å²) >= 11 is 0. The highest BCUT2D eigenvalue weighted by Gasteiger charge is 2.19. The van der Waals surface area contributed by atoms with Crippen LogP contribution in [0.3, 0.4) is 0 Å².